The molecule has 0 saturated carbocycles. The van der Waals surface area contributed by atoms with Crippen LogP contribution in [0.4, 0.5) is 37.7 Å². The van der Waals surface area contributed by atoms with Crippen LogP contribution >= 0.6 is 0 Å². The zero-order valence-electron chi connectivity index (χ0n) is 12.7. The van der Waals surface area contributed by atoms with E-state index in [1.165, 1.54) is 0 Å². The minimum absolute atomic E-state index is 0.0873. The van der Waals surface area contributed by atoms with Crippen molar-refractivity contribution in [3.8, 4) is 11.5 Å². The Morgan fingerprint density at radius 2 is 1.15 bits per heavy atom. The number of hydrogen-bond acceptors (Lipinski definition) is 5. The molecule has 0 aliphatic heterocycles. The lowest BCUT2D eigenvalue weighted by Crippen LogP contribution is -2.15. The first-order valence-electron chi connectivity index (χ1n) is 6.70. The Hall–Kier alpha value is -3.38. The molecule has 0 aromatic heterocycles. The van der Waals surface area contributed by atoms with Gasteiger partial charge in [-0.15, -0.1) is 0 Å². The van der Waals surface area contributed by atoms with Gasteiger partial charge in [0.25, 0.3) is 11.4 Å². The van der Waals surface area contributed by atoms with Crippen molar-refractivity contribution in [2.24, 2.45) is 0 Å². The predicted molar refractivity (Wildman–Crippen MR) is 76.3 cm³/mol. The Balaban J connectivity index is 2.68. The molecule has 2 aromatic carbocycles. The summed E-state index contributed by atoms with van der Waals surface area (Å²) in [5, 5.41) is 21.2. The van der Waals surface area contributed by atoms with Crippen LogP contribution in [-0.4, -0.2) is 9.85 Å². The second-order valence-electron chi connectivity index (χ2n) is 4.98. The van der Waals surface area contributed by atoms with Gasteiger partial charge >= 0.3 is 12.4 Å². The van der Waals surface area contributed by atoms with Crippen LogP contribution in [0.1, 0.15) is 11.1 Å². The molecule has 0 spiro atoms. The standard InChI is InChI=1S/C14H6F6N2O5/c15-13(16,17)10-5-8(22(25)26)6-11(14(18,19)20)12(10)27-9-3-1-7(2-4-9)21(23)24/h1-6H. The second-order valence-corrected chi connectivity index (χ2v) is 4.98. The third kappa shape index (κ3) is 4.43. The first-order chi connectivity index (χ1) is 12.3. The molecule has 7 nitrogen and oxygen atoms in total. The Labute approximate surface area is 145 Å². The lowest BCUT2D eigenvalue weighted by molar-refractivity contribution is -0.385. The molecule has 0 bridgehead atoms. The summed E-state index contributed by atoms with van der Waals surface area (Å²) in [4.78, 5) is 19.0. The number of nitro groups is 2. The topological polar surface area (TPSA) is 95.5 Å². The van der Waals surface area contributed by atoms with E-state index in [2.05, 4.69) is 4.74 Å². The molecule has 2 aromatic rings. The maximum absolute atomic E-state index is 13.2. The summed E-state index contributed by atoms with van der Waals surface area (Å²) in [6, 6.07) is 3.02. The van der Waals surface area contributed by atoms with Gasteiger partial charge in [-0.1, -0.05) is 0 Å². The van der Waals surface area contributed by atoms with E-state index in [0.717, 1.165) is 24.3 Å². The minimum atomic E-state index is -5.40. The van der Waals surface area contributed by atoms with Gasteiger partial charge < -0.3 is 4.74 Å². The van der Waals surface area contributed by atoms with Crippen molar-refractivity contribution in [3.05, 3.63) is 67.8 Å². The van der Waals surface area contributed by atoms with Gasteiger partial charge in [0.2, 0.25) is 0 Å². The van der Waals surface area contributed by atoms with Crippen LogP contribution in [0.15, 0.2) is 36.4 Å². The highest BCUT2D eigenvalue weighted by Gasteiger charge is 2.44. The summed E-state index contributed by atoms with van der Waals surface area (Å²) in [6.07, 6.45) is -10.8. The Kier molecular flexibility index (Phi) is 4.97. The van der Waals surface area contributed by atoms with E-state index >= 15 is 0 Å². The normalized spacial score (nSPS) is 11.9. The number of halogens is 6. The van der Waals surface area contributed by atoms with Gasteiger partial charge in [0, 0.05) is 24.3 Å². The smallest absolute Gasteiger partial charge is 0.420 e. The average Bonchev–Trinajstić information content (AvgIpc) is 2.53. The van der Waals surface area contributed by atoms with E-state index in [-0.39, 0.29) is 12.1 Å². The van der Waals surface area contributed by atoms with Gasteiger partial charge in [-0.05, 0) is 12.1 Å². The Morgan fingerprint density at radius 1 is 0.741 bits per heavy atom. The largest absolute Gasteiger partial charge is 0.456 e. The third-order valence-electron chi connectivity index (χ3n) is 3.16. The number of ether oxygens (including phenoxy) is 1. The van der Waals surface area contributed by atoms with Gasteiger partial charge in [-0.25, -0.2) is 0 Å². The van der Waals surface area contributed by atoms with Crippen molar-refractivity contribution in [2.45, 2.75) is 12.4 Å². The van der Waals surface area contributed by atoms with Crippen molar-refractivity contribution in [3.63, 3.8) is 0 Å². The van der Waals surface area contributed by atoms with E-state index in [4.69, 9.17) is 0 Å². The SMILES string of the molecule is O=[N+]([O-])c1ccc(Oc2c(C(F)(F)F)cc([N+](=O)[O-])cc2C(F)(F)F)cc1. The lowest BCUT2D eigenvalue weighted by Gasteiger charge is -2.18. The highest BCUT2D eigenvalue weighted by Crippen LogP contribution is 2.47. The Morgan fingerprint density at radius 3 is 1.48 bits per heavy atom. The molecule has 0 saturated heterocycles. The number of hydrogen-bond donors (Lipinski definition) is 0. The summed E-state index contributed by atoms with van der Waals surface area (Å²) in [5.41, 5.74) is -5.92. The number of non-ortho nitro benzene ring substituents is 2. The number of alkyl halides is 6. The van der Waals surface area contributed by atoms with E-state index in [1.54, 1.807) is 0 Å². The van der Waals surface area contributed by atoms with Crippen LogP contribution in [0.2, 0.25) is 0 Å². The van der Waals surface area contributed by atoms with Crippen molar-refractivity contribution >= 4 is 11.4 Å². The fraction of sp³-hybridized carbons (Fsp3) is 0.143. The summed E-state index contributed by atoms with van der Waals surface area (Å²) in [5.74, 6) is -2.26. The van der Waals surface area contributed by atoms with Gasteiger partial charge in [0.1, 0.15) is 16.9 Å². The molecular formula is C14H6F6N2O5. The van der Waals surface area contributed by atoms with Crippen LogP contribution < -0.4 is 4.74 Å². The van der Waals surface area contributed by atoms with Crippen molar-refractivity contribution in [1.82, 2.24) is 0 Å². The number of nitro benzene ring substituents is 2. The van der Waals surface area contributed by atoms with E-state index < -0.39 is 56.2 Å². The van der Waals surface area contributed by atoms with Crippen LogP contribution in [0.3, 0.4) is 0 Å². The molecule has 0 heterocycles. The molecule has 0 aliphatic carbocycles. The highest BCUT2D eigenvalue weighted by molar-refractivity contribution is 5.54. The zero-order valence-corrected chi connectivity index (χ0v) is 12.7. The van der Waals surface area contributed by atoms with E-state index in [9.17, 15) is 46.6 Å². The summed E-state index contributed by atoms with van der Waals surface area (Å²) < 4.78 is 83.7. The molecule has 0 unspecified atom stereocenters. The average molecular weight is 396 g/mol. The Bertz CT molecular complexity index is 857. The molecule has 0 N–H and O–H groups in total. The predicted octanol–water partition coefficient (Wildman–Crippen LogP) is 5.33. The minimum Gasteiger partial charge on any atom is -0.456 e. The van der Waals surface area contributed by atoms with Crippen molar-refractivity contribution < 1.29 is 40.9 Å². The van der Waals surface area contributed by atoms with E-state index in [1.807, 2.05) is 0 Å². The number of benzene rings is 2. The first kappa shape index (κ1) is 19.9. The quantitative estimate of drug-likeness (QED) is 0.395. The molecule has 13 heteroatoms. The van der Waals surface area contributed by atoms with Gasteiger partial charge in [-0.3, -0.25) is 20.2 Å². The summed E-state index contributed by atoms with van der Waals surface area (Å²) >= 11 is 0. The van der Waals surface area contributed by atoms with Gasteiger partial charge in [0.05, 0.1) is 9.85 Å². The molecule has 144 valence electrons. The first-order valence-corrected chi connectivity index (χ1v) is 6.70. The molecule has 0 atom stereocenters. The molecule has 0 aliphatic rings. The van der Waals surface area contributed by atoms with Crippen LogP contribution in [-0.2, 0) is 12.4 Å². The molecular weight excluding hydrogens is 390 g/mol. The molecule has 0 radical (unpaired) electrons. The third-order valence-corrected chi connectivity index (χ3v) is 3.16. The van der Waals surface area contributed by atoms with Gasteiger partial charge in [0.15, 0.2) is 5.75 Å². The highest BCUT2D eigenvalue weighted by atomic mass is 19.4. The molecule has 0 fully saturated rings. The maximum Gasteiger partial charge on any atom is 0.420 e. The summed E-state index contributed by atoms with van der Waals surface area (Å²) in [7, 11) is 0. The molecule has 27 heavy (non-hydrogen) atoms. The van der Waals surface area contributed by atoms with Crippen LogP contribution in [0, 0.1) is 20.2 Å². The molecule has 0 amide bonds. The molecule has 2 rings (SSSR count). The van der Waals surface area contributed by atoms with Crippen molar-refractivity contribution in [2.75, 3.05) is 0 Å². The van der Waals surface area contributed by atoms with E-state index in [0.29, 0.717) is 0 Å². The van der Waals surface area contributed by atoms with Crippen LogP contribution in [0.5, 0.6) is 11.5 Å². The zero-order chi connectivity index (χ0) is 20.6. The summed E-state index contributed by atoms with van der Waals surface area (Å²) in [6.45, 7) is 0. The number of nitrogens with zero attached hydrogens (tertiary/aromatic N) is 2. The maximum atomic E-state index is 13.2. The fourth-order valence-corrected chi connectivity index (χ4v) is 2.00. The monoisotopic (exact) mass is 396 g/mol. The van der Waals surface area contributed by atoms with Gasteiger partial charge in [-0.2, -0.15) is 26.3 Å². The lowest BCUT2D eigenvalue weighted by atomic mass is 10.1. The number of rotatable bonds is 4. The second kappa shape index (κ2) is 6.74. The van der Waals surface area contributed by atoms with Crippen LogP contribution in [0.25, 0.3) is 0 Å². The fourth-order valence-electron chi connectivity index (χ4n) is 2.00. The van der Waals surface area contributed by atoms with Crippen molar-refractivity contribution in [1.29, 1.82) is 0 Å².